The monoisotopic (exact) mass is 524 g/mol. The summed E-state index contributed by atoms with van der Waals surface area (Å²) < 4.78 is 18.1. The Morgan fingerprint density at radius 2 is 1.61 bits per heavy atom. The highest BCUT2D eigenvalue weighted by atomic mass is 35.5. The van der Waals surface area contributed by atoms with Crippen LogP contribution in [0.2, 0.25) is 5.15 Å². The van der Waals surface area contributed by atoms with Crippen LogP contribution < -0.4 is 15.5 Å². The number of nitrogens with zero attached hydrogens (tertiary/aromatic N) is 4. The van der Waals surface area contributed by atoms with Crippen molar-refractivity contribution in [2.75, 3.05) is 44.3 Å². The third-order valence-corrected chi connectivity index (χ3v) is 5.39. The second-order valence-corrected chi connectivity index (χ2v) is 11.2. The Labute approximate surface area is 216 Å². The summed E-state index contributed by atoms with van der Waals surface area (Å²) in [7, 11) is 0. The van der Waals surface area contributed by atoms with Gasteiger partial charge in [0.2, 0.25) is 0 Å². The predicted octanol–water partition coefficient (Wildman–Crippen LogP) is 3.59. The molecule has 2 amide bonds. The summed E-state index contributed by atoms with van der Waals surface area (Å²) in [6.07, 6.45) is 0.637. The number of pyridine rings is 1. The molecule has 36 heavy (non-hydrogen) atoms. The molecule has 1 saturated heterocycles. The molecule has 2 aromatic heterocycles. The molecule has 2 N–H and O–H groups in total. The summed E-state index contributed by atoms with van der Waals surface area (Å²) in [6, 6.07) is 1.82. The number of aromatic nitrogens is 3. The molecule has 1 fully saturated rings. The number of alkyl carbamates (subject to hydrolysis) is 2. The zero-order chi connectivity index (χ0) is 26.5. The number of carbonyl (C=O) groups is 2. The van der Waals surface area contributed by atoms with Gasteiger partial charge in [-0.1, -0.05) is 11.6 Å². The fraction of sp³-hybridized carbons (Fsp3) is 0.667. The minimum absolute atomic E-state index is 0.213. The first-order valence-electron chi connectivity index (χ1n) is 12.1. The van der Waals surface area contributed by atoms with Crippen LogP contribution in [0.15, 0.2) is 12.4 Å². The van der Waals surface area contributed by atoms with Gasteiger partial charge in [-0.2, -0.15) is 0 Å². The Morgan fingerprint density at radius 3 is 2.14 bits per heavy atom. The van der Waals surface area contributed by atoms with Gasteiger partial charge in [-0.25, -0.2) is 19.6 Å². The van der Waals surface area contributed by atoms with Crippen molar-refractivity contribution in [2.45, 2.75) is 59.3 Å². The van der Waals surface area contributed by atoms with Crippen LogP contribution in [0.1, 0.15) is 41.5 Å². The maximum absolute atomic E-state index is 12.3. The Balaban J connectivity index is 1.78. The Morgan fingerprint density at radius 1 is 1.06 bits per heavy atom. The van der Waals surface area contributed by atoms with Gasteiger partial charge >= 0.3 is 12.2 Å². The van der Waals surface area contributed by atoms with Gasteiger partial charge in [0, 0.05) is 44.7 Å². The molecule has 0 spiro atoms. The lowest BCUT2D eigenvalue weighted by atomic mass is 10.1. The maximum atomic E-state index is 12.3. The van der Waals surface area contributed by atoms with E-state index >= 15 is 0 Å². The smallest absolute Gasteiger partial charge is 0.407 e. The van der Waals surface area contributed by atoms with E-state index in [2.05, 4.69) is 25.5 Å². The summed E-state index contributed by atoms with van der Waals surface area (Å²) in [5.74, 6) is -0.213. The highest BCUT2D eigenvalue weighted by Crippen LogP contribution is 2.28. The average molecular weight is 525 g/mol. The molecule has 0 bridgehead atoms. The second-order valence-electron chi connectivity index (χ2n) is 10.8. The standard InChI is InChI=1S/C24H37ClN6O5/c1-23(2,3)35-21(32)26-12-16(13-27-22(33)36-24(4,5)6)14-31-15-28-19-17(11-18(25)29-20(19)31)30-7-9-34-10-8-30/h11,15-16H,7-10,12-14H2,1-6H3,(H,26,32)(H,27,33). The van der Waals surface area contributed by atoms with E-state index in [1.807, 2.05) is 10.6 Å². The summed E-state index contributed by atoms with van der Waals surface area (Å²) in [6.45, 7) is 14.5. The topological polar surface area (TPSA) is 120 Å². The molecule has 200 valence electrons. The van der Waals surface area contributed by atoms with Crippen molar-refractivity contribution >= 4 is 40.6 Å². The molecular weight excluding hydrogens is 488 g/mol. The quantitative estimate of drug-likeness (QED) is 0.527. The van der Waals surface area contributed by atoms with E-state index in [9.17, 15) is 9.59 Å². The van der Waals surface area contributed by atoms with Gasteiger partial charge in [-0.15, -0.1) is 0 Å². The van der Waals surface area contributed by atoms with Crippen LogP contribution >= 0.6 is 11.6 Å². The van der Waals surface area contributed by atoms with Crippen LogP contribution in [-0.4, -0.2) is 77.3 Å². The number of rotatable bonds is 7. The lowest BCUT2D eigenvalue weighted by Crippen LogP contribution is -2.41. The summed E-state index contributed by atoms with van der Waals surface area (Å²) in [4.78, 5) is 35.8. The first-order chi connectivity index (χ1) is 16.8. The summed E-state index contributed by atoms with van der Waals surface area (Å²) >= 11 is 6.38. The van der Waals surface area contributed by atoms with Gasteiger partial charge in [0.25, 0.3) is 0 Å². The third kappa shape index (κ3) is 8.41. The number of ether oxygens (including phenoxy) is 3. The normalized spacial score (nSPS) is 14.7. The number of halogens is 1. The highest BCUT2D eigenvalue weighted by Gasteiger charge is 2.23. The molecule has 0 aliphatic carbocycles. The predicted molar refractivity (Wildman–Crippen MR) is 138 cm³/mol. The lowest BCUT2D eigenvalue weighted by Gasteiger charge is -2.29. The van der Waals surface area contributed by atoms with Crippen LogP contribution in [0.25, 0.3) is 11.2 Å². The largest absolute Gasteiger partial charge is 0.444 e. The molecular formula is C24H37ClN6O5. The van der Waals surface area contributed by atoms with Crippen LogP contribution in [0.3, 0.4) is 0 Å². The van der Waals surface area contributed by atoms with Crippen LogP contribution in [-0.2, 0) is 20.8 Å². The zero-order valence-electron chi connectivity index (χ0n) is 21.9. The molecule has 3 rings (SSSR count). The van der Waals surface area contributed by atoms with Gasteiger partial charge in [0.05, 0.1) is 25.2 Å². The Bertz CT molecular complexity index is 1020. The average Bonchev–Trinajstić information content (AvgIpc) is 3.15. The number of anilines is 1. The Hall–Kier alpha value is -2.79. The number of amides is 2. The highest BCUT2D eigenvalue weighted by molar-refractivity contribution is 6.30. The maximum Gasteiger partial charge on any atom is 0.407 e. The van der Waals surface area contributed by atoms with E-state index in [1.165, 1.54) is 0 Å². The molecule has 0 atom stereocenters. The number of hydrogen-bond donors (Lipinski definition) is 2. The number of morpholine rings is 1. The number of imidazole rings is 1. The minimum Gasteiger partial charge on any atom is -0.444 e. The number of carbonyl (C=O) groups excluding carboxylic acids is 2. The first kappa shape index (κ1) is 27.8. The minimum atomic E-state index is -0.620. The number of nitrogens with one attached hydrogen (secondary N) is 2. The fourth-order valence-corrected chi connectivity index (χ4v) is 3.91. The second kappa shape index (κ2) is 11.5. The molecule has 0 radical (unpaired) electrons. The molecule has 0 saturated carbocycles. The van der Waals surface area contributed by atoms with E-state index in [-0.39, 0.29) is 19.0 Å². The van der Waals surface area contributed by atoms with Gasteiger partial charge in [0.15, 0.2) is 5.65 Å². The van der Waals surface area contributed by atoms with E-state index in [1.54, 1.807) is 47.9 Å². The number of fused-ring (bicyclic) bond motifs is 1. The molecule has 11 nitrogen and oxygen atoms in total. The fourth-order valence-electron chi connectivity index (χ4n) is 3.73. The van der Waals surface area contributed by atoms with Crippen LogP contribution in [0.5, 0.6) is 0 Å². The Kier molecular flexibility index (Phi) is 8.89. The first-order valence-corrected chi connectivity index (χ1v) is 12.5. The SMILES string of the molecule is CC(C)(C)OC(=O)NCC(CNC(=O)OC(C)(C)C)Cn1cnc2c(N3CCOCC3)cc(Cl)nc21. The van der Waals surface area contributed by atoms with E-state index in [4.69, 9.17) is 25.8 Å². The van der Waals surface area contributed by atoms with E-state index < -0.39 is 23.4 Å². The van der Waals surface area contributed by atoms with E-state index in [0.29, 0.717) is 30.6 Å². The van der Waals surface area contributed by atoms with Crippen LogP contribution in [0, 0.1) is 5.92 Å². The molecule has 0 unspecified atom stereocenters. The zero-order valence-corrected chi connectivity index (χ0v) is 22.6. The van der Waals surface area contributed by atoms with Crippen molar-refractivity contribution < 1.29 is 23.8 Å². The molecule has 0 aromatic carbocycles. The van der Waals surface area contributed by atoms with Crippen LogP contribution in [0.4, 0.5) is 15.3 Å². The molecule has 1 aliphatic rings. The van der Waals surface area contributed by atoms with Crippen molar-refractivity contribution in [3.05, 3.63) is 17.5 Å². The molecule has 3 heterocycles. The third-order valence-electron chi connectivity index (χ3n) is 5.20. The van der Waals surface area contributed by atoms with Gasteiger partial charge < -0.3 is 34.3 Å². The van der Waals surface area contributed by atoms with Crippen molar-refractivity contribution in [3.63, 3.8) is 0 Å². The molecule has 12 heteroatoms. The summed E-state index contributed by atoms with van der Waals surface area (Å²) in [5, 5.41) is 5.94. The lowest BCUT2D eigenvalue weighted by molar-refractivity contribution is 0.0506. The number of hydrogen-bond acceptors (Lipinski definition) is 8. The van der Waals surface area contributed by atoms with Crippen molar-refractivity contribution in [2.24, 2.45) is 5.92 Å². The van der Waals surface area contributed by atoms with Gasteiger partial charge in [0.1, 0.15) is 21.9 Å². The molecule has 2 aromatic rings. The van der Waals surface area contributed by atoms with Crippen molar-refractivity contribution in [1.82, 2.24) is 25.2 Å². The molecule has 1 aliphatic heterocycles. The van der Waals surface area contributed by atoms with Gasteiger partial charge in [-0.05, 0) is 41.5 Å². The van der Waals surface area contributed by atoms with Crippen molar-refractivity contribution in [3.8, 4) is 0 Å². The van der Waals surface area contributed by atoms with Crippen molar-refractivity contribution in [1.29, 1.82) is 0 Å². The van der Waals surface area contributed by atoms with Gasteiger partial charge in [-0.3, -0.25) is 0 Å². The summed E-state index contributed by atoms with van der Waals surface area (Å²) in [5.41, 5.74) is 1.03. The van der Waals surface area contributed by atoms with E-state index in [0.717, 1.165) is 24.3 Å².